The topological polar surface area (TPSA) is 58.9 Å². The minimum absolute atomic E-state index is 0.576. The summed E-state index contributed by atoms with van der Waals surface area (Å²) < 4.78 is 1.86. The second-order valence-corrected chi connectivity index (χ2v) is 5.91. The van der Waals surface area contributed by atoms with E-state index in [0.717, 1.165) is 37.6 Å². The van der Waals surface area contributed by atoms with Crippen molar-refractivity contribution in [1.29, 1.82) is 0 Å². The van der Waals surface area contributed by atoms with Gasteiger partial charge in [-0.1, -0.05) is 11.3 Å². The summed E-state index contributed by atoms with van der Waals surface area (Å²) in [5.41, 5.74) is 2.27. The molecule has 0 spiro atoms. The fraction of sp³-hybridized carbons (Fsp3) is 0.562. The van der Waals surface area contributed by atoms with E-state index in [1.165, 1.54) is 19.3 Å². The number of hydrogen-bond acceptors (Lipinski definition) is 5. The summed E-state index contributed by atoms with van der Waals surface area (Å²) in [5.74, 6) is 0. The second kappa shape index (κ2) is 7.47. The first-order valence-electron chi connectivity index (χ1n) is 8.01. The Labute approximate surface area is 131 Å². The zero-order valence-electron chi connectivity index (χ0n) is 13.1. The van der Waals surface area contributed by atoms with Crippen LogP contribution in [0.25, 0.3) is 0 Å². The maximum atomic E-state index is 4.49. The summed E-state index contributed by atoms with van der Waals surface area (Å²) in [7, 11) is 1.95. The van der Waals surface area contributed by atoms with Crippen LogP contribution in [-0.4, -0.2) is 44.0 Å². The van der Waals surface area contributed by atoms with Gasteiger partial charge in [0.15, 0.2) is 0 Å². The number of rotatable bonds is 5. The second-order valence-electron chi connectivity index (χ2n) is 5.91. The highest BCUT2D eigenvalue weighted by atomic mass is 15.4. The molecule has 0 aliphatic carbocycles. The Morgan fingerprint density at radius 1 is 1.27 bits per heavy atom. The van der Waals surface area contributed by atoms with Gasteiger partial charge in [-0.05, 0) is 44.5 Å². The Hall–Kier alpha value is -1.79. The number of aryl methyl sites for hydroxylation is 1. The van der Waals surface area contributed by atoms with Crippen molar-refractivity contribution in [3.05, 3.63) is 42.0 Å². The molecule has 1 atom stereocenters. The van der Waals surface area contributed by atoms with E-state index in [9.17, 15) is 0 Å². The van der Waals surface area contributed by atoms with Gasteiger partial charge in [0, 0.05) is 32.4 Å². The van der Waals surface area contributed by atoms with Crippen molar-refractivity contribution in [2.24, 2.45) is 7.05 Å². The van der Waals surface area contributed by atoms with Gasteiger partial charge in [-0.3, -0.25) is 14.6 Å². The average molecular weight is 300 g/mol. The zero-order valence-corrected chi connectivity index (χ0v) is 13.1. The van der Waals surface area contributed by atoms with Gasteiger partial charge in [-0.2, -0.15) is 0 Å². The van der Waals surface area contributed by atoms with E-state index in [-0.39, 0.29) is 0 Å². The van der Waals surface area contributed by atoms with E-state index in [0.29, 0.717) is 6.04 Å². The molecule has 0 saturated carbocycles. The number of nitrogens with one attached hydrogen (secondary N) is 1. The molecule has 1 N–H and O–H groups in total. The Kier molecular flexibility index (Phi) is 5.13. The maximum Gasteiger partial charge on any atom is 0.0738 e. The van der Waals surface area contributed by atoms with Crippen LogP contribution < -0.4 is 5.32 Å². The Balaban J connectivity index is 1.76. The highest BCUT2D eigenvalue weighted by molar-refractivity contribution is 5.04. The van der Waals surface area contributed by atoms with E-state index in [1.54, 1.807) is 0 Å². The van der Waals surface area contributed by atoms with E-state index < -0.39 is 0 Å². The molecular weight excluding hydrogens is 276 g/mol. The third-order valence-electron chi connectivity index (χ3n) is 4.33. The highest BCUT2D eigenvalue weighted by Gasteiger charge is 2.22. The minimum Gasteiger partial charge on any atom is -0.317 e. The van der Waals surface area contributed by atoms with Crippen LogP contribution in [0, 0.1) is 0 Å². The smallest absolute Gasteiger partial charge is 0.0738 e. The molecule has 0 bridgehead atoms. The van der Waals surface area contributed by atoms with E-state index in [1.807, 2.05) is 30.2 Å². The molecule has 22 heavy (non-hydrogen) atoms. The Bertz CT molecular complexity index is 559. The number of pyridine rings is 1. The summed E-state index contributed by atoms with van der Waals surface area (Å²) in [4.78, 5) is 7.02. The lowest BCUT2D eigenvalue weighted by Gasteiger charge is -2.30. The SMILES string of the molecule is Cn1nncc1CN(Cc1ccccn1)[C@@H]1CCCNCC1. The average Bonchev–Trinajstić information content (AvgIpc) is 2.79. The molecule has 1 aliphatic rings. The molecule has 6 nitrogen and oxygen atoms in total. The van der Waals surface area contributed by atoms with Crippen molar-refractivity contribution in [2.45, 2.75) is 38.4 Å². The van der Waals surface area contributed by atoms with Crippen LogP contribution in [0.4, 0.5) is 0 Å². The number of aromatic nitrogens is 4. The molecule has 0 radical (unpaired) electrons. The van der Waals surface area contributed by atoms with E-state index >= 15 is 0 Å². The normalized spacial score (nSPS) is 19.3. The lowest BCUT2D eigenvalue weighted by Crippen LogP contribution is -2.35. The molecule has 3 rings (SSSR count). The summed E-state index contributed by atoms with van der Waals surface area (Å²) in [6.07, 6.45) is 7.37. The summed E-state index contributed by atoms with van der Waals surface area (Å²) in [6.45, 7) is 3.95. The molecule has 2 aromatic heterocycles. The monoisotopic (exact) mass is 300 g/mol. The van der Waals surface area contributed by atoms with Crippen molar-refractivity contribution in [3.8, 4) is 0 Å². The molecular formula is C16H24N6. The molecule has 0 unspecified atom stereocenters. The van der Waals surface area contributed by atoms with Gasteiger partial charge in [0.2, 0.25) is 0 Å². The van der Waals surface area contributed by atoms with Crippen LogP contribution in [0.1, 0.15) is 30.7 Å². The minimum atomic E-state index is 0.576. The summed E-state index contributed by atoms with van der Waals surface area (Å²) in [6, 6.07) is 6.70. The van der Waals surface area contributed by atoms with Gasteiger partial charge >= 0.3 is 0 Å². The number of nitrogens with zero attached hydrogens (tertiary/aromatic N) is 5. The molecule has 1 fully saturated rings. The van der Waals surface area contributed by atoms with Crippen molar-refractivity contribution in [2.75, 3.05) is 13.1 Å². The molecule has 3 heterocycles. The van der Waals surface area contributed by atoms with Crippen LogP contribution in [-0.2, 0) is 20.1 Å². The van der Waals surface area contributed by atoms with Crippen molar-refractivity contribution < 1.29 is 0 Å². The summed E-state index contributed by atoms with van der Waals surface area (Å²) >= 11 is 0. The van der Waals surface area contributed by atoms with Crippen molar-refractivity contribution in [1.82, 2.24) is 30.2 Å². The molecule has 6 heteroatoms. The molecule has 0 amide bonds. The molecule has 1 saturated heterocycles. The zero-order chi connectivity index (χ0) is 15.2. The lowest BCUT2D eigenvalue weighted by atomic mass is 10.1. The van der Waals surface area contributed by atoms with Gasteiger partial charge < -0.3 is 5.32 Å². The van der Waals surface area contributed by atoms with Gasteiger partial charge in [0.05, 0.1) is 17.6 Å². The Morgan fingerprint density at radius 2 is 2.23 bits per heavy atom. The fourth-order valence-corrected chi connectivity index (χ4v) is 3.04. The van der Waals surface area contributed by atoms with Crippen LogP contribution in [0.3, 0.4) is 0 Å². The van der Waals surface area contributed by atoms with Crippen LogP contribution in [0.15, 0.2) is 30.6 Å². The molecule has 1 aliphatic heterocycles. The first kappa shape index (κ1) is 15.1. The predicted octanol–water partition coefficient (Wildman–Crippen LogP) is 1.35. The van der Waals surface area contributed by atoms with Crippen LogP contribution in [0.5, 0.6) is 0 Å². The van der Waals surface area contributed by atoms with Gasteiger partial charge in [-0.15, -0.1) is 5.10 Å². The van der Waals surface area contributed by atoms with E-state index in [4.69, 9.17) is 0 Å². The fourth-order valence-electron chi connectivity index (χ4n) is 3.04. The molecule has 0 aromatic carbocycles. The predicted molar refractivity (Wildman–Crippen MR) is 85.0 cm³/mol. The van der Waals surface area contributed by atoms with E-state index in [2.05, 4.69) is 37.6 Å². The van der Waals surface area contributed by atoms with Crippen molar-refractivity contribution >= 4 is 0 Å². The standard InChI is InChI=1S/C16H24N6/c1-21-16(11-19-20-21)13-22(12-14-5-2-3-9-18-14)15-6-4-8-17-10-7-15/h2-3,5,9,11,15,17H,4,6-8,10,12-13H2,1H3/t15-/m1/s1. The van der Waals surface area contributed by atoms with Crippen molar-refractivity contribution in [3.63, 3.8) is 0 Å². The lowest BCUT2D eigenvalue weighted by molar-refractivity contribution is 0.158. The quantitative estimate of drug-likeness (QED) is 0.903. The first-order chi connectivity index (χ1) is 10.8. The molecule has 118 valence electrons. The first-order valence-corrected chi connectivity index (χ1v) is 8.01. The maximum absolute atomic E-state index is 4.49. The summed E-state index contributed by atoms with van der Waals surface area (Å²) in [5, 5.41) is 11.6. The molecule has 2 aromatic rings. The van der Waals surface area contributed by atoms with Gasteiger partial charge in [-0.25, -0.2) is 0 Å². The third kappa shape index (κ3) is 3.90. The number of hydrogen-bond donors (Lipinski definition) is 1. The van der Waals surface area contributed by atoms with Gasteiger partial charge in [0.25, 0.3) is 0 Å². The van der Waals surface area contributed by atoms with Crippen LogP contribution in [0.2, 0.25) is 0 Å². The Morgan fingerprint density at radius 3 is 3.00 bits per heavy atom. The third-order valence-corrected chi connectivity index (χ3v) is 4.33. The van der Waals surface area contributed by atoms with Gasteiger partial charge in [0.1, 0.15) is 0 Å². The largest absolute Gasteiger partial charge is 0.317 e. The highest BCUT2D eigenvalue weighted by Crippen LogP contribution is 2.18. The van der Waals surface area contributed by atoms with Crippen LogP contribution >= 0.6 is 0 Å².